The first-order chi connectivity index (χ1) is 21.8. The molecule has 258 valence electrons. The van der Waals surface area contributed by atoms with Gasteiger partial charge in [-0.2, -0.15) is 33.7 Å². The van der Waals surface area contributed by atoms with E-state index < -0.39 is 92.4 Å². The summed E-state index contributed by atoms with van der Waals surface area (Å²) in [4.78, 5) is -1.62. The third-order valence-electron chi connectivity index (χ3n) is 6.26. The van der Waals surface area contributed by atoms with Crippen molar-refractivity contribution in [2.24, 2.45) is 0 Å². The molecule has 0 aromatic heterocycles. The molecule has 0 bridgehead atoms. The first-order valence-corrected chi connectivity index (χ1v) is 26.9. The number of hydrogen-bond donors (Lipinski definition) is 4. The van der Waals surface area contributed by atoms with E-state index >= 15 is 0 Å². The van der Waals surface area contributed by atoms with Crippen molar-refractivity contribution in [1.29, 1.82) is 0 Å². The molecular weight excluding hydrogens is 960 g/mol. The SMILES string of the molecule is O=S(=O)(O)c1cccc(P(CCP(c2cccc(S(=O)(=O)O)c2)c2cccc(S(=O)(=O)O)c2)c2cccc(S(=O)(=O)O)c2)c1.[Cl][Pt][Cl]. The van der Waals surface area contributed by atoms with E-state index in [1.54, 1.807) is 24.3 Å². The zero-order valence-electron chi connectivity index (χ0n) is 23.3. The standard InChI is InChI=1S/C26H24O12P2S4.2ClH.Pt/c27-41(28,29)23-9-1-5-19(15-23)39(20-6-2-10-24(16-20)42(30,31)32)13-14-40(21-7-3-11-25(17-21)43(33,34)35)22-8-4-12-26(18-22)44(36,37)38;;;/h1-12,15-18H,13-14H2,(H,27,28,29)(H,30,31,32)(H,33,34,35)(H,36,37,38);2*1H;/q;;;+2/p-2. The zero-order chi connectivity index (χ0) is 35.2. The molecule has 0 radical (unpaired) electrons. The Kier molecular flexibility index (Phi) is 14.1. The molecule has 0 aliphatic rings. The zero-order valence-corrected chi connectivity index (χ0v) is 32.1. The number of hydrogen-bond acceptors (Lipinski definition) is 8. The van der Waals surface area contributed by atoms with Crippen molar-refractivity contribution < 1.29 is 68.4 Å². The Hall–Kier alpha value is -1.35. The predicted molar refractivity (Wildman–Crippen MR) is 179 cm³/mol. The first kappa shape index (κ1) is 40.1. The van der Waals surface area contributed by atoms with E-state index in [1.165, 1.54) is 72.8 Å². The first-order valence-electron chi connectivity index (χ1n) is 12.4. The van der Waals surface area contributed by atoms with Crippen LogP contribution >= 0.6 is 34.7 Å². The monoisotopic (exact) mass is 983 g/mol. The fourth-order valence-corrected chi connectivity index (χ4v) is 12.2. The Morgan fingerprint density at radius 3 is 0.809 bits per heavy atom. The molecule has 0 aliphatic heterocycles. The second kappa shape index (κ2) is 16.6. The van der Waals surface area contributed by atoms with Gasteiger partial charge < -0.3 is 0 Å². The van der Waals surface area contributed by atoms with Crippen molar-refractivity contribution in [3.63, 3.8) is 0 Å². The van der Waals surface area contributed by atoms with Gasteiger partial charge in [-0.05, 0) is 97.9 Å². The Morgan fingerprint density at radius 2 is 0.638 bits per heavy atom. The molecule has 0 atom stereocenters. The molecule has 0 aliphatic carbocycles. The fraction of sp³-hybridized carbons (Fsp3) is 0.0769. The van der Waals surface area contributed by atoms with Gasteiger partial charge in [-0.3, -0.25) is 18.2 Å². The van der Waals surface area contributed by atoms with Crippen LogP contribution in [0.1, 0.15) is 0 Å². The van der Waals surface area contributed by atoms with Crippen molar-refractivity contribution in [2.45, 2.75) is 19.6 Å². The molecule has 0 saturated carbocycles. The Labute approximate surface area is 291 Å². The summed E-state index contributed by atoms with van der Waals surface area (Å²) < 4.78 is 134. The van der Waals surface area contributed by atoms with Crippen molar-refractivity contribution >= 4 is 96.4 Å². The molecule has 4 rings (SSSR count). The maximum absolute atomic E-state index is 11.9. The van der Waals surface area contributed by atoms with E-state index in [0.29, 0.717) is 21.2 Å². The average Bonchev–Trinajstić information content (AvgIpc) is 2.98. The molecule has 0 amide bonds. The molecular formula is C26H24Cl2O12P2PtS4. The van der Waals surface area contributed by atoms with Gasteiger partial charge in [-0.25, -0.2) is 0 Å². The van der Waals surface area contributed by atoms with E-state index in [4.69, 9.17) is 18.8 Å². The van der Waals surface area contributed by atoms with E-state index in [9.17, 15) is 51.9 Å². The molecule has 4 aromatic carbocycles. The van der Waals surface area contributed by atoms with Gasteiger partial charge in [0, 0.05) is 0 Å². The average molecular weight is 985 g/mol. The molecule has 0 spiro atoms. The van der Waals surface area contributed by atoms with E-state index in [0.717, 1.165) is 0 Å². The Balaban J connectivity index is 0.00000192. The summed E-state index contributed by atoms with van der Waals surface area (Å²) in [5.41, 5.74) is 0. The van der Waals surface area contributed by atoms with Gasteiger partial charge in [-0.15, -0.1) is 0 Å². The summed E-state index contributed by atoms with van der Waals surface area (Å²) in [6.45, 7) is 0. The predicted octanol–water partition coefficient (Wildman–Crippen LogP) is 3.62. The summed E-state index contributed by atoms with van der Waals surface area (Å²) in [6.07, 6.45) is 0.383. The fourth-order valence-electron chi connectivity index (χ4n) is 4.26. The number of benzene rings is 4. The Morgan fingerprint density at radius 1 is 0.447 bits per heavy atom. The van der Waals surface area contributed by atoms with Crippen LogP contribution in [0.5, 0.6) is 0 Å². The van der Waals surface area contributed by atoms with Crippen molar-refractivity contribution in [3.05, 3.63) is 97.1 Å². The van der Waals surface area contributed by atoms with Crippen LogP contribution in [0.4, 0.5) is 0 Å². The molecule has 0 unspecified atom stereocenters. The minimum absolute atomic E-state index is 0.192. The van der Waals surface area contributed by atoms with Gasteiger partial charge in [0.2, 0.25) is 0 Å². The second-order valence-electron chi connectivity index (χ2n) is 9.24. The van der Waals surface area contributed by atoms with Gasteiger partial charge in [0.1, 0.15) is 0 Å². The molecule has 47 heavy (non-hydrogen) atoms. The van der Waals surface area contributed by atoms with Gasteiger partial charge in [0.25, 0.3) is 40.5 Å². The Bertz CT molecular complexity index is 1880. The van der Waals surface area contributed by atoms with Crippen LogP contribution in [-0.2, 0) is 57.0 Å². The van der Waals surface area contributed by atoms with Crippen LogP contribution in [0.25, 0.3) is 0 Å². The summed E-state index contributed by atoms with van der Waals surface area (Å²) in [5.74, 6) is 0. The van der Waals surface area contributed by atoms with Crippen LogP contribution in [0.2, 0.25) is 0 Å². The summed E-state index contributed by atoms with van der Waals surface area (Å²) >= 11 is -0.472. The summed E-state index contributed by atoms with van der Waals surface area (Å²) in [5, 5.41) is 1.65. The van der Waals surface area contributed by atoms with Crippen LogP contribution in [0.15, 0.2) is 117 Å². The van der Waals surface area contributed by atoms with Gasteiger partial charge in [-0.1, -0.05) is 48.5 Å². The molecule has 0 saturated heterocycles. The van der Waals surface area contributed by atoms with E-state index in [-0.39, 0.29) is 12.3 Å². The normalized spacial score (nSPS) is 12.6. The van der Waals surface area contributed by atoms with Crippen molar-refractivity contribution in [2.75, 3.05) is 12.3 Å². The quantitative estimate of drug-likeness (QED) is 0.125. The van der Waals surface area contributed by atoms with Crippen LogP contribution in [-0.4, -0.2) is 64.2 Å². The summed E-state index contributed by atoms with van der Waals surface area (Å²) in [7, 11) is -11.9. The molecule has 0 fully saturated rings. The van der Waals surface area contributed by atoms with Crippen molar-refractivity contribution in [3.8, 4) is 0 Å². The maximum atomic E-state index is 11.9. The molecule has 12 nitrogen and oxygen atoms in total. The molecule has 0 heterocycles. The van der Waals surface area contributed by atoms with Crippen LogP contribution in [0.3, 0.4) is 0 Å². The minimum atomic E-state index is -4.61. The third kappa shape index (κ3) is 11.6. The summed E-state index contributed by atoms with van der Waals surface area (Å²) in [6, 6.07) is 21.6. The van der Waals surface area contributed by atoms with E-state index in [2.05, 4.69) is 0 Å². The van der Waals surface area contributed by atoms with Gasteiger partial charge in [0.15, 0.2) is 0 Å². The van der Waals surface area contributed by atoms with Crippen LogP contribution < -0.4 is 21.2 Å². The second-order valence-corrected chi connectivity index (χ2v) is 22.9. The topological polar surface area (TPSA) is 217 Å². The molecule has 21 heteroatoms. The van der Waals surface area contributed by atoms with Gasteiger partial charge in [0.05, 0.1) is 19.6 Å². The third-order valence-corrected chi connectivity index (χ3v) is 15.0. The van der Waals surface area contributed by atoms with E-state index in [1.807, 2.05) is 0 Å². The molecule has 4 N–H and O–H groups in total. The van der Waals surface area contributed by atoms with Gasteiger partial charge >= 0.3 is 35.3 Å². The number of rotatable bonds is 11. The molecule has 4 aromatic rings. The number of halogens is 2. The van der Waals surface area contributed by atoms with Crippen molar-refractivity contribution in [1.82, 2.24) is 0 Å². The van der Waals surface area contributed by atoms with Crippen LogP contribution in [0, 0.1) is 0 Å².